The van der Waals surface area contributed by atoms with Crippen LogP contribution in [-0.4, -0.2) is 30.0 Å². The molecular formula is C29H35ClN2O5. The lowest BCUT2D eigenvalue weighted by molar-refractivity contribution is -0.384. The highest BCUT2D eigenvalue weighted by Crippen LogP contribution is 2.57. The number of rotatable bonds is 7. The van der Waals surface area contributed by atoms with Crippen LogP contribution in [0.2, 0.25) is 5.02 Å². The van der Waals surface area contributed by atoms with Gasteiger partial charge in [0.15, 0.2) is 6.61 Å². The molecule has 0 heterocycles. The fraction of sp³-hybridized carbons (Fsp3) is 0.517. The van der Waals surface area contributed by atoms with Crippen molar-refractivity contribution in [2.24, 2.45) is 11.3 Å². The monoisotopic (exact) mass is 526 g/mol. The van der Waals surface area contributed by atoms with E-state index in [1.54, 1.807) is 0 Å². The number of aryl methyl sites for hydroxylation is 1. The number of hydrogen-bond acceptors (Lipinski definition) is 5. The van der Waals surface area contributed by atoms with E-state index in [0.717, 1.165) is 38.2 Å². The predicted octanol–water partition coefficient (Wildman–Crippen LogP) is 6.36. The standard InChI is InChI=1S/C29H35ClN2O5/c1-18(2)19-6-10-23-20(14-19)7-11-25-28(3,12-5-13-29(23,25)4)17-31-26(33)16-37-27(34)22-9-8-21(32(35)36)15-24(22)30/h6,8-10,14-15,18,25H,5,7,11-13,16-17H2,1-4H3,(H,31,33). The smallest absolute Gasteiger partial charge is 0.340 e. The molecule has 0 aromatic heterocycles. The second-order valence-electron chi connectivity index (χ2n) is 11.4. The quantitative estimate of drug-likeness (QED) is 0.257. The van der Waals surface area contributed by atoms with E-state index in [1.807, 2.05) is 0 Å². The predicted molar refractivity (Wildman–Crippen MR) is 143 cm³/mol. The molecular weight excluding hydrogens is 492 g/mol. The largest absolute Gasteiger partial charge is 0.452 e. The molecule has 2 aromatic rings. The maximum atomic E-state index is 12.6. The molecule has 0 radical (unpaired) electrons. The maximum Gasteiger partial charge on any atom is 0.340 e. The molecule has 0 bridgehead atoms. The number of ether oxygens (including phenoxy) is 1. The fourth-order valence-corrected chi connectivity index (χ4v) is 6.81. The van der Waals surface area contributed by atoms with Crippen LogP contribution in [0, 0.1) is 21.4 Å². The number of nitro groups is 1. The molecule has 1 N–H and O–H groups in total. The lowest BCUT2D eigenvalue weighted by Crippen LogP contribution is -2.53. The van der Waals surface area contributed by atoms with E-state index in [1.165, 1.54) is 28.8 Å². The lowest BCUT2D eigenvalue weighted by atomic mass is 9.49. The zero-order chi connectivity index (χ0) is 27.0. The van der Waals surface area contributed by atoms with Crippen LogP contribution in [-0.2, 0) is 21.4 Å². The average Bonchev–Trinajstić information content (AvgIpc) is 2.85. The summed E-state index contributed by atoms with van der Waals surface area (Å²) in [7, 11) is 0. The molecule has 0 saturated heterocycles. The van der Waals surface area contributed by atoms with Gasteiger partial charge in [0.25, 0.3) is 11.6 Å². The van der Waals surface area contributed by atoms with E-state index in [-0.39, 0.29) is 33.0 Å². The Morgan fingerprint density at radius 2 is 1.95 bits per heavy atom. The molecule has 2 aliphatic rings. The summed E-state index contributed by atoms with van der Waals surface area (Å²) < 4.78 is 5.14. The molecule has 37 heavy (non-hydrogen) atoms. The van der Waals surface area contributed by atoms with Crippen LogP contribution in [0.4, 0.5) is 5.69 Å². The third-order valence-corrected chi connectivity index (χ3v) is 8.89. The van der Waals surface area contributed by atoms with Gasteiger partial charge in [0.2, 0.25) is 0 Å². The number of nitrogens with one attached hydrogen (secondary N) is 1. The highest BCUT2D eigenvalue weighted by molar-refractivity contribution is 6.33. The zero-order valence-electron chi connectivity index (χ0n) is 21.9. The minimum Gasteiger partial charge on any atom is -0.452 e. The summed E-state index contributed by atoms with van der Waals surface area (Å²) in [5, 5.41) is 13.8. The van der Waals surface area contributed by atoms with Crippen molar-refractivity contribution in [3.63, 3.8) is 0 Å². The zero-order valence-corrected chi connectivity index (χ0v) is 22.7. The number of nitrogens with zero attached hydrogens (tertiary/aromatic N) is 1. The van der Waals surface area contributed by atoms with E-state index in [4.69, 9.17) is 16.3 Å². The van der Waals surface area contributed by atoms with E-state index in [2.05, 4.69) is 51.2 Å². The number of carbonyl (C=O) groups excluding carboxylic acids is 2. The molecule has 0 spiro atoms. The van der Waals surface area contributed by atoms with Crippen molar-refractivity contribution in [3.05, 3.63) is 73.8 Å². The highest BCUT2D eigenvalue weighted by atomic mass is 35.5. The fourth-order valence-electron chi connectivity index (χ4n) is 6.56. The Balaban J connectivity index is 1.39. The summed E-state index contributed by atoms with van der Waals surface area (Å²) in [5.74, 6) is -0.227. The second kappa shape index (κ2) is 10.4. The van der Waals surface area contributed by atoms with Gasteiger partial charge in [-0.2, -0.15) is 0 Å². The van der Waals surface area contributed by atoms with Crippen molar-refractivity contribution in [2.45, 2.75) is 71.1 Å². The molecule has 0 aliphatic heterocycles. The van der Waals surface area contributed by atoms with E-state index in [9.17, 15) is 19.7 Å². The number of carbonyl (C=O) groups is 2. The van der Waals surface area contributed by atoms with Gasteiger partial charge in [0.05, 0.1) is 15.5 Å². The topological polar surface area (TPSA) is 98.5 Å². The summed E-state index contributed by atoms with van der Waals surface area (Å²) in [6.07, 6.45) is 5.41. The van der Waals surface area contributed by atoms with E-state index >= 15 is 0 Å². The normalized spacial score (nSPS) is 24.6. The van der Waals surface area contributed by atoms with Crippen molar-refractivity contribution in [3.8, 4) is 0 Å². The van der Waals surface area contributed by atoms with Crippen LogP contribution in [0.5, 0.6) is 0 Å². The van der Waals surface area contributed by atoms with Gasteiger partial charge >= 0.3 is 5.97 Å². The first-order valence-electron chi connectivity index (χ1n) is 13.0. The average molecular weight is 527 g/mol. The summed E-state index contributed by atoms with van der Waals surface area (Å²) >= 11 is 6.00. The first kappa shape index (κ1) is 27.1. The van der Waals surface area contributed by atoms with Crippen LogP contribution < -0.4 is 5.32 Å². The Bertz CT molecular complexity index is 1230. The van der Waals surface area contributed by atoms with Gasteiger partial charge in [-0.05, 0) is 71.1 Å². The number of nitro benzene ring substituents is 1. The number of amides is 1. The minimum atomic E-state index is -0.795. The SMILES string of the molecule is CC(C)c1ccc2c(c1)CCC1C(C)(CNC(=O)COC(=O)c3ccc([N+](=O)[O-])cc3Cl)CCCC21C. The Morgan fingerprint density at radius 3 is 2.62 bits per heavy atom. The van der Waals surface area contributed by atoms with Gasteiger partial charge < -0.3 is 10.1 Å². The van der Waals surface area contributed by atoms with Crippen LogP contribution >= 0.6 is 11.6 Å². The van der Waals surface area contributed by atoms with Crippen LogP contribution in [0.15, 0.2) is 36.4 Å². The summed E-state index contributed by atoms with van der Waals surface area (Å²) in [5.41, 5.74) is 4.07. The number of non-ortho nitro benzene ring substituents is 1. The van der Waals surface area contributed by atoms with Crippen LogP contribution in [0.25, 0.3) is 0 Å². The van der Waals surface area contributed by atoms with Gasteiger partial charge in [-0.1, -0.05) is 63.9 Å². The number of hydrogen-bond donors (Lipinski definition) is 1. The van der Waals surface area contributed by atoms with Gasteiger partial charge in [-0.25, -0.2) is 4.79 Å². The summed E-state index contributed by atoms with van der Waals surface area (Å²) in [6, 6.07) is 10.5. The van der Waals surface area contributed by atoms with Crippen LogP contribution in [0.3, 0.4) is 0 Å². The Kier molecular flexibility index (Phi) is 7.65. The molecule has 2 aromatic carbocycles. The van der Waals surface area contributed by atoms with Crippen molar-refractivity contribution in [1.29, 1.82) is 0 Å². The summed E-state index contributed by atoms with van der Waals surface area (Å²) in [6.45, 7) is 9.19. The Hall–Kier alpha value is -2.93. The van der Waals surface area contributed by atoms with Crippen molar-refractivity contribution >= 4 is 29.2 Å². The van der Waals surface area contributed by atoms with Gasteiger partial charge in [-0.15, -0.1) is 0 Å². The molecule has 1 fully saturated rings. The first-order valence-corrected chi connectivity index (χ1v) is 13.3. The Morgan fingerprint density at radius 1 is 1.19 bits per heavy atom. The van der Waals surface area contributed by atoms with E-state index in [0.29, 0.717) is 18.4 Å². The van der Waals surface area contributed by atoms with E-state index < -0.39 is 17.5 Å². The number of fused-ring (bicyclic) bond motifs is 3. The first-order chi connectivity index (χ1) is 17.4. The third-order valence-electron chi connectivity index (χ3n) is 8.58. The minimum absolute atomic E-state index is 0.0171. The molecule has 1 saturated carbocycles. The molecule has 8 heteroatoms. The van der Waals surface area contributed by atoms with Crippen molar-refractivity contribution in [1.82, 2.24) is 5.32 Å². The number of esters is 1. The molecule has 3 atom stereocenters. The van der Waals surface area contributed by atoms with Gasteiger partial charge in [0, 0.05) is 18.7 Å². The number of halogens is 1. The molecule has 198 valence electrons. The molecule has 1 amide bonds. The highest BCUT2D eigenvalue weighted by Gasteiger charge is 2.51. The van der Waals surface area contributed by atoms with Crippen molar-refractivity contribution in [2.75, 3.05) is 13.2 Å². The third kappa shape index (κ3) is 5.37. The molecule has 4 rings (SSSR count). The summed E-state index contributed by atoms with van der Waals surface area (Å²) in [4.78, 5) is 35.3. The lowest BCUT2D eigenvalue weighted by Gasteiger charge is -2.55. The van der Waals surface area contributed by atoms with Gasteiger partial charge in [0.1, 0.15) is 0 Å². The maximum absolute atomic E-state index is 12.6. The Labute approximate surface area is 223 Å². The number of benzene rings is 2. The molecule has 7 nitrogen and oxygen atoms in total. The van der Waals surface area contributed by atoms with Crippen molar-refractivity contribution < 1.29 is 19.2 Å². The second-order valence-corrected chi connectivity index (χ2v) is 11.8. The molecule has 3 unspecified atom stereocenters. The van der Waals surface area contributed by atoms with Gasteiger partial charge in [-0.3, -0.25) is 14.9 Å². The molecule has 2 aliphatic carbocycles. The van der Waals surface area contributed by atoms with Crippen LogP contribution in [0.1, 0.15) is 86.3 Å².